The predicted octanol–water partition coefficient (Wildman–Crippen LogP) is 2.95. The first-order chi connectivity index (χ1) is 11.0. The number of nitrogens with zero attached hydrogens (tertiary/aromatic N) is 3. The van der Waals surface area contributed by atoms with Gasteiger partial charge in [-0.3, -0.25) is 4.79 Å². The van der Waals surface area contributed by atoms with Gasteiger partial charge >= 0.3 is 0 Å². The second-order valence-electron chi connectivity index (χ2n) is 5.42. The largest absolute Gasteiger partial charge is 0.497 e. The third-order valence-electron chi connectivity index (χ3n) is 3.19. The van der Waals surface area contributed by atoms with Crippen LogP contribution in [-0.4, -0.2) is 40.9 Å². The van der Waals surface area contributed by atoms with E-state index in [4.69, 9.17) is 9.26 Å². The third kappa shape index (κ3) is 4.99. The van der Waals surface area contributed by atoms with Crippen LogP contribution in [0.2, 0.25) is 0 Å². The molecule has 0 bridgehead atoms. The summed E-state index contributed by atoms with van der Waals surface area (Å²) in [7, 11) is 3.36. The molecule has 2 aromatic rings. The summed E-state index contributed by atoms with van der Waals surface area (Å²) in [6.07, 6.45) is 0. The van der Waals surface area contributed by atoms with Gasteiger partial charge in [0.05, 0.1) is 19.4 Å². The van der Waals surface area contributed by atoms with Gasteiger partial charge in [0.25, 0.3) is 0 Å². The second-order valence-corrected chi connectivity index (χ2v) is 6.47. The summed E-state index contributed by atoms with van der Waals surface area (Å²) in [6.45, 7) is 4.31. The number of ether oxygens (including phenoxy) is 1. The van der Waals surface area contributed by atoms with Gasteiger partial charge in [-0.05, 0) is 18.2 Å². The summed E-state index contributed by atoms with van der Waals surface area (Å²) in [5.41, 5.74) is 0. The van der Waals surface area contributed by atoms with Gasteiger partial charge in [-0.1, -0.05) is 25.1 Å². The van der Waals surface area contributed by atoms with Crippen LogP contribution in [0.5, 0.6) is 5.75 Å². The molecule has 1 heterocycles. The van der Waals surface area contributed by atoms with Gasteiger partial charge in [0, 0.05) is 17.9 Å². The van der Waals surface area contributed by atoms with Crippen LogP contribution in [0.3, 0.4) is 0 Å². The zero-order valence-corrected chi connectivity index (χ0v) is 14.6. The van der Waals surface area contributed by atoms with Crippen LogP contribution in [0.15, 0.2) is 33.7 Å². The molecule has 1 amide bonds. The first-order valence-electron chi connectivity index (χ1n) is 7.33. The van der Waals surface area contributed by atoms with Crippen molar-refractivity contribution in [3.63, 3.8) is 0 Å². The fourth-order valence-corrected chi connectivity index (χ4v) is 2.70. The van der Waals surface area contributed by atoms with E-state index >= 15 is 0 Å². The molecule has 0 radical (unpaired) electrons. The Kier molecular flexibility index (Phi) is 6.04. The highest BCUT2D eigenvalue weighted by atomic mass is 32.2. The molecule has 1 aromatic heterocycles. The normalized spacial score (nSPS) is 10.8. The van der Waals surface area contributed by atoms with Crippen LogP contribution in [0, 0.1) is 0 Å². The molecule has 7 heteroatoms. The van der Waals surface area contributed by atoms with Crippen LogP contribution in [0.4, 0.5) is 0 Å². The molecule has 0 fully saturated rings. The van der Waals surface area contributed by atoms with E-state index in [-0.39, 0.29) is 11.8 Å². The molecule has 0 saturated heterocycles. The monoisotopic (exact) mass is 335 g/mol. The van der Waals surface area contributed by atoms with Crippen molar-refractivity contribution < 1.29 is 14.1 Å². The highest BCUT2D eigenvalue weighted by molar-refractivity contribution is 8.00. The number of thioether (sulfide) groups is 1. The Balaban J connectivity index is 1.86. The van der Waals surface area contributed by atoms with Gasteiger partial charge in [-0.25, -0.2) is 0 Å². The van der Waals surface area contributed by atoms with Crippen molar-refractivity contribution in [1.82, 2.24) is 15.0 Å². The average molecular weight is 335 g/mol. The molecule has 23 heavy (non-hydrogen) atoms. The van der Waals surface area contributed by atoms with E-state index in [1.807, 2.05) is 38.1 Å². The average Bonchev–Trinajstić information content (AvgIpc) is 3.01. The van der Waals surface area contributed by atoms with Crippen molar-refractivity contribution in [3.05, 3.63) is 36.0 Å². The Hall–Kier alpha value is -2.02. The molecule has 0 saturated carbocycles. The molecule has 2 rings (SSSR count). The topological polar surface area (TPSA) is 68.5 Å². The quantitative estimate of drug-likeness (QED) is 0.725. The number of carbonyl (C=O) groups excluding carboxylic acids is 1. The van der Waals surface area contributed by atoms with Crippen LogP contribution in [0.25, 0.3) is 0 Å². The molecular formula is C16H21N3O3S. The predicted molar refractivity (Wildman–Crippen MR) is 88.6 cm³/mol. The van der Waals surface area contributed by atoms with Crippen molar-refractivity contribution >= 4 is 17.7 Å². The second kappa shape index (κ2) is 8.01. The Morgan fingerprint density at radius 1 is 1.43 bits per heavy atom. The van der Waals surface area contributed by atoms with Crippen molar-refractivity contribution in [3.8, 4) is 5.75 Å². The minimum Gasteiger partial charge on any atom is -0.497 e. The Morgan fingerprint density at radius 2 is 2.22 bits per heavy atom. The fraction of sp³-hybridized carbons (Fsp3) is 0.438. The molecule has 124 valence electrons. The summed E-state index contributed by atoms with van der Waals surface area (Å²) >= 11 is 1.47. The lowest BCUT2D eigenvalue weighted by Gasteiger charge is -2.14. The molecule has 0 N–H and O–H groups in total. The number of aromatic nitrogens is 2. The zero-order chi connectivity index (χ0) is 16.8. The number of methoxy groups -OCH3 is 1. The van der Waals surface area contributed by atoms with Crippen molar-refractivity contribution in [2.75, 3.05) is 19.9 Å². The molecule has 0 aliphatic rings. The SMILES string of the molecule is COc1cccc(SCC(=O)N(C)Cc2noc(C(C)C)n2)c1. The highest BCUT2D eigenvalue weighted by Gasteiger charge is 2.15. The number of amides is 1. The summed E-state index contributed by atoms with van der Waals surface area (Å²) in [4.78, 5) is 19.1. The number of rotatable bonds is 7. The minimum absolute atomic E-state index is 0.00807. The summed E-state index contributed by atoms with van der Waals surface area (Å²) < 4.78 is 10.3. The van der Waals surface area contributed by atoms with E-state index < -0.39 is 0 Å². The third-order valence-corrected chi connectivity index (χ3v) is 4.16. The lowest BCUT2D eigenvalue weighted by atomic mass is 10.2. The Labute approximate surface area is 140 Å². The molecule has 0 aliphatic heterocycles. The van der Waals surface area contributed by atoms with E-state index in [2.05, 4.69) is 10.1 Å². The Bertz CT molecular complexity index is 658. The van der Waals surface area contributed by atoms with Crippen LogP contribution < -0.4 is 4.74 Å². The van der Waals surface area contributed by atoms with Crippen LogP contribution in [0.1, 0.15) is 31.5 Å². The van der Waals surface area contributed by atoms with E-state index in [0.29, 0.717) is 24.0 Å². The summed E-state index contributed by atoms with van der Waals surface area (Å²) in [5.74, 6) is 2.43. The number of benzene rings is 1. The lowest BCUT2D eigenvalue weighted by molar-refractivity contribution is -0.127. The van der Waals surface area contributed by atoms with Gasteiger partial charge < -0.3 is 14.2 Å². The maximum absolute atomic E-state index is 12.2. The molecular weight excluding hydrogens is 314 g/mol. The molecule has 0 spiro atoms. The highest BCUT2D eigenvalue weighted by Crippen LogP contribution is 2.23. The molecule has 0 unspecified atom stereocenters. The maximum atomic E-state index is 12.2. The molecule has 6 nitrogen and oxygen atoms in total. The van der Waals surface area contributed by atoms with E-state index in [9.17, 15) is 4.79 Å². The first-order valence-corrected chi connectivity index (χ1v) is 8.31. The smallest absolute Gasteiger partial charge is 0.233 e. The van der Waals surface area contributed by atoms with Crippen LogP contribution in [-0.2, 0) is 11.3 Å². The van der Waals surface area contributed by atoms with Crippen LogP contribution >= 0.6 is 11.8 Å². The van der Waals surface area contributed by atoms with Crippen molar-refractivity contribution in [2.45, 2.75) is 31.2 Å². The molecule has 0 atom stereocenters. The summed E-state index contributed by atoms with van der Waals surface area (Å²) in [6, 6.07) is 7.64. The van der Waals surface area contributed by atoms with E-state index in [1.165, 1.54) is 11.8 Å². The van der Waals surface area contributed by atoms with Gasteiger partial charge in [0.15, 0.2) is 5.82 Å². The van der Waals surface area contributed by atoms with Gasteiger partial charge in [0.2, 0.25) is 11.8 Å². The molecule has 0 aliphatic carbocycles. The van der Waals surface area contributed by atoms with Gasteiger partial charge in [-0.15, -0.1) is 11.8 Å². The van der Waals surface area contributed by atoms with Gasteiger partial charge in [-0.2, -0.15) is 4.98 Å². The number of hydrogen-bond acceptors (Lipinski definition) is 6. The van der Waals surface area contributed by atoms with E-state index in [1.54, 1.807) is 19.1 Å². The zero-order valence-electron chi connectivity index (χ0n) is 13.8. The minimum atomic E-state index is 0.00807. The maximum Gasteiger partial charge on any atom is 0.233 e. The molecule has 1 aromatic carbocycles. The van der Waals surface area contributed by atoms with Crippen molar-refractivity contribution in [1.29, 1.82) is 0 Å². The lowest BCUT2D eigenvalue weighted by Crippen LogP contribution is -2.28. The standard InChI is InChI=1S/C16H21N3O3S/c1-11(2)16-17-14(18-22-16)9-19(3)15(20)10-23-13-7-5-6-12(8-13)21-4/h5-8,11H,9-10H2,1-4H3. The number of carbonyl (C=O) groups is 1. The number of hydrogen-bond donors (Lipinski definition) is 0. The summed E-state index contributed by atoms with van der Waals surface area (Å²) in [5, 5.41) is 3.90. The Morgan fingerprint density at radius 3 is 2.87 bits per heavy atom. The van der Waals surface area contributed by atoms with E-state index in [0.717, 1.165) is 10.6 Å². The van der Waals surface area contributed by atoms with Gasteiger partial charge in [0.1, 0.15) is 5.75 Å². The fourth-order valence-electron chi connectivity index (χ4n) is 1.81. The first kappa shape index (κ1) is 17.3. The van der Waals surface area contributed by atoms with Crippen molar-refractivity contribution in [2.24, 2.45) is 0 Å².